The highest BCUT2D eigenvalue weighted by Crippen LogP contribution is 2.60. The van der Waals surface area contributed by atoms with Gasteiger partial charge in [0.1, 0.15) is 0 Å². The molecule has 46 heavy (non-hydrogen) atoms. The van der Waals surface area contributed by atoms with Crippen molar-refractivity contribution < 1.29 is 0 Å². The molecule has 8 aromatic rings. The summed E-state index contributed by atoms with van der Waals surface area (Å²) in [6.45, 7) is 0. The van der Waals surface area contributed by atoms with Crippen molar-refractivity contribution in [1.29, 1.82) is 0 Å². The van der Waals surface area contributed by atoms with E-state index in [2.05, 4.69) is 170 Å². The third kappa shape index (κ3) is 3.41. The molecule has 8 aromatic carbocycles. The molecule has 0 spiro atoms. The molecule has 1 unspecified atom stereocenters. The van der Waals surface area contributed by atoms with Gasteiger partial charge in [-0.3, -0.25) is 0 Å². The minimum absolute atomic E-state index is 0.491. The van der Waals surface area contributed by atoms with Crippen molar-refractivity contribution in [3.8, 4) is 33.4 Å². The highest BCUT2D eigenvalue weighted by atomic mass is 32.2. The lowest BCUT2D eigenvalue weighted by molar-refractivity contribution is 0.771. The lowest BCUT2D eigenvalue weighted by atomic mass is 9.65. The lowest BCUT2D eigenvalue weighted by Crippen LogP contribution is -2.29. The molecule has 214 valence electrons. The standard InChI is InChI=1S/C45H28S/c1-2-14-30(15-3-1)45(39-23-10-7-19-37(39)43-31-16-5-4-13-29(31)25-27-40(43)45)38-22-9-6-17-33(38)32-26-28-42-44-35(32)20-12-21-36(44)34-18-8-11-24-41(34)46-42/h1-28H. The molecule has 0 amide bonds. The Morgan fingerprint density at radius 3 is 1.87 bits per heavy atom. The molecule has 0 saturated heterocycles. The van der Waals surface area contributed by atoms with E-state index in [-0.39, 0.29) is 0 Å². The normalized spacial score (nSPS) is 15.8. The quantitative estimate of drug-likeness (QED) is 0.194. The predicted octanol–water partition coefficient (Wildman–Crippen LogP) is 12.2. The van der Waals surface area contributed by atoms with Crippen LogP contribution in [0.3, 0.4) is 0 Å². The van der Waals surface area contributed by atoms with Crippen molar-refractivity contribution in [1.82, 2.24) is 0 Å². The molecule has 0 fully saturated rings. The molecule has 10 rings (SSSR count). The molecule has 0 nitrogen and oxygen atoms in total. The van der Waals surface area contributed by atoms with Gasteiger partial charge in [-0.2, -0.15) is 0 Å². The molecule has 0 radical (unpaired) electrons. The van der Waals surface area contributed by atoms with Crippen LogP contribution in [0.2, 0.25) is 0 Å². The van der Waals surface area contributed by atoms with Gasteiger partial charge >= 0.3 is 0 Å². The Kier molecular flexibility index (Phi) is 5.53. The maximum atomic E-state index is 2.40. The molecule has 1 heterocycles. The molecule has 0 bridgehead atoms. The SMILES string of the molecule is c1ccc(C2(c3ccccc3-c3ccc4c5c(cccc35)-c3ccccc3S4)c3ccccc3-c3c2ccc2ccccc32)cc1. The van der Waals surface area contributed by atoms with Crippen molar-refractivity contribution in [3.05, 3.63) is 192 Å². The van der Waals surface area contributed by atoms with Crippen molar-refractivity contribution in [2.45, 2.75) is 15.2 Å². The molecular weight excluding hydrogens is 573 g/mol. The average Bonchev–Trinajstić information content (AvgIpc) is 3.44. The van der Waals surface area contributed by atoms with Gasteiger partial charge in [0.2, 0.25) is 0 Å². The third-order valence-electron chi connectivity index (χ3n) is 10.2. The van der Waals surface area contributed by atoms with Crippen LogP contribution >= 0.6 is 11.8 Å². The monoisotopic (exact) mass is 600 g/mol. The predicted molar refractivity (Wildman–Crippen MR) is 194 cm³/mol. The van der Waals surface area contributed by atoms with Gasteiger partial charge in [0, 0.05) is 15.2 Å². The Hall–Kier alpha value is -5.37. The van der Waals surface area contributed by atoms with E-state index in [0.717, 1.165) is 0 Å². The first-order valence-corrected chi connectivity index (χ1v) is 16.8. The van der Waals surface area contributed by atoms with Gasteiger partial charge in [-0.15, -0.1) is 0 Å². The van der Waals surface area contributed by atoms with Gasteiger partial charge in [0.25, 0.3) is 0 Å². The molecular formula is C45H28S. The Labute approximate surface area is 273 Å². The van der Waals surface area contributed by atoms with Crippen molar-refractivity contribution in [2.24, 2.45) is 0 Å². The lowest BCUT2D eigenvalue weighted by Gasteiger charge is -2.36. The van der Waals surface area contributed by atoms with Crippen LogP contribution in [-0.4, -0.2) is 0 Å². The van der Waals surface area contributed by atoms with Gasteiger partial charge in [-0.05, 0) is 83.9 Å². The maximum absolute atomic E-state index is 2.40. The van der Waals surface area contributed by atoms with Crippen molar-refractivity contribution in [3.63, 3.8) is 0 Å². The Balaban J connectivity index is 1.33. The van der Waals surface area contributed by atoms with Crippen LogP contribution in [0.25, 0.3) is 54.9 Å². The summed E-state index contributed by atoms with van der Waals surface area (Å²) >= 11 is 1.89. The van der Waals surface area contributed by atoms with E-state index in [4.69, 9.17) is 0 Å². The summed E-state index contributed by atoms with van der Waals surface area (Å²) in [7, 11) is 0. The number of fused-ring (bicyclic) bond motifs is 7. The van der Waals surface area contributed by atoms with Gasteiger partial charge < -0.3 is 0 Å². The first-order chi connectivity index (χ1) is 22.8. The zero-order chi connectivity index (χ0) is 30.2. The van der Waals surface area contributed by atoms with Crippen LogP contribution < -0.4 is 0 Å². The van der Waals surface area contributed by atoms with Crippen LogP contribution in [0.4, 0.5) is 0 Å². The average molecular weight is 601 g/mol. The summed E-state index contributed by atoms with van der Waals surface area (Å²) in [4.78, 5) is 2.65. The molecule has 1 aliphatic heterocycles. The zero-order valence-corrected chi connectivity index (χ0v) is 25.9. The molecule has 2 aliphatic rings. The Morgan fingerprint density at radius 1 is 0.348 bits per heavy atom. The third-order valence-corrected chi connectivity index (χ3v) is 11.3. The molecule has 0 aromatic heterocycles. The van der Waals surface area contributed by atoms with Crippen molar-refractivity contribution >= 4 is 33.3 Å². The van der Waals surface area contributed by atoms with Crippen LogP contribution in [0.15, 0.2) is 180 Å². The van der Waals surface area contributed by atoms with E-state index in [1.54, 1.807) is 0 Å². The van der Waals surface area contributed by atoms with Crippen LogP contribution in [0.1, 0.15) is 22.3 Å². The fourth-order valence-electron chi connectivity index (χ4n) is 8.35. The summed E-state index contributed by atoms with van der Waals surface area (Å²) in [5, 5.41) is 5.23. The van der Waals surface area contributed by atoms with Gasteiger partial charge in [0.05, 0.1) is 5.41 Å². The molecule has 1 atom stereocenters. The number of rotatable bonds is 3. The smallest absolute Gasteiger partial charge is 0.0719 e. The summed E-state index contributed by atoms with van der Waals surface area (Å²) in [5.74, 6) is 0. The van der Waals surface area contributed by atoms with Gasteiger partial charge in [-0.1, -0.05) is 169 Å². The minimum atomic E-state index is -0.491. The zero-order valence-electron chi connectivity index (χ0n) is 25.1. The van der Waals surface area contributed by atoms with Crippen LogP contribution in [0.5, 0.6) is 0 Å². The molecule has 0 N–H and O–H groups in total. The molecule has 1 aliphatic carbocycles. The van der Waals surface area contributed by atoms with Crippen molar-refractivity contribution in [2.75, 3.05) is 0 Å². The fourth-order valence-corrected chi connectivity index (χ4v) is 9.48. The Bertz CT molecular complexity index is 2510. The Morgan fingerprint density at radius 2 is 1.00 bits per heavy atom. The number of benzene rings is 8. The first kappa shape index (κ1) is 25.9. The second kappa shape index (κ2) is 9.81. The summed E-state index contributed by atoms with van der Waals surface area (Å²) < 4.78 is 0. The number of hydrogen-bond acceptors (Lipinski definition) is 1. The summed E-state index contributed by atoms with van der Waals surface area (Å²) in [6.07, 6.45) is 0. The summed E-state index contributed by atoms with van der Waals surface area (Å²) in [5.41, 5.74) is 12.6. The topological polar surface area (TPSA) is 0 Å². The van der Waals surface area contributed by atoms with E-state index < -0.39 is 5.41 Å². The van der Waals surface area contributed by atoms with E-state index in [0.29, 0.717) is 0 Å². The largest absolute Gasteiger partial charge is 0.0888 e. The van der Waals surface area contributed by atoms with E-state index >= 15 is 0 Å². The second-order valence-electron chi connectivity index (χ2n) is 12.4. The van der Waals surface area contributed by atoms with E-state index in [9.17, 15) is 0 Å². The molecule has 1 heteroatoms. The molecule has 0 saturated carbocycles. The van der Waals surface area contributed by atoms with Gasteiger partial charge in [0.15, 0.2) is 0 Å². The maximum Gasteiger partial charge on any atom is 0.0719 e. The first-order valence-electron chi connectivity index (χ1n) is 15.9. The van der Waals surface area contributed by atoms with E-state index in [1.807, 2.05) is 11.8 Å². The van der Waals surface area contributed by atoms with Gasteiger partial charge in [-0.25, -0.2) is 0 Å². The number of hydrogen-bond donors (Lipinski definition) is 0. The summed E-state index contributed by atoms with van der Waals surface area (Å²) in [6, 6.07) is 63.3. The highest BCUT2D eigenvalue weighted by Gasteiger charge is 2.47. The fraction of sp³-hybridized carbons (Fsp3) is 0.0222. The van der Waals surface area contributed by atoms with E-state index in [1.165, 1.54) is 87.0 Å². The second-order valence-corrected chi connectivity index (χ2v) is 13.4. The van der Waals surface area contributed by atoms with Crippen LogP contribution in [0, 0.1) is 0 Å². The highest BCUT2D eigenvalue weighted by molar-refractivity contribution is 7.99. The minimum Gasteiger partial charge on any atom is -0.0888 e. The van der Waals surface area contributed by atoms with Crippen LogP contribution in [-0.2, 0) is 5.41 Å².